The van der Waals surface area contributed by atoms with Gasteiger partial charge in [-0.1, -0.05) is 19.1 Å². The number of H-pyrrole nitrogens is 1. The van der Waals surface area contributed by atoms with Gasteiger partial charge in [0.25, 0.3) is 0 Å². The average Bonchev–Trinajstić information content (AvgIpc) is 3.23. The van der Waals surface area contributed by atoms with Crippen LogP contribution in [0.25, 0.3) is 11.2 Å². The Kier molecular flexibility index (Phi) is 7.30. The molecule has 0 fully saturated rings. The number of benzene rings is 2. The van der Waals surface area contributed by atoms with Gasteiger partial charge in [0, 0.05) is 19.0 Å². The zero-order valence-corrected chi connectivity index (χ0v) is 20.5. The first kappa shape index (κ1) is 25.2. The SMILES string of the molecule is CCCS(=O)(=O)Nc1ccc(F)c(C(=O)Cc2cnc3nc(Cc4ccc(OC)cc4)[nH]c3c2)c1F. The van der Waals surface area contributed by atoms with Crippen LogP contribution in [0.15, 0.2) is 48.7 Å². The summed E-state index contributed by atoms with van der Waals surface area (Å²) >= 11 is 0. The van der Waals surface area contributed by atoms with Gasteiger partial charge in [-0.15, -0.1) is 0 Å². The quantitative estimate of drug-likeness (QED) is 0.303. The van der Waals surface area contributed by atoms with Crippen molar-refractivity contribution in [2.75, 3.05) is 17.6 Å². The average molecular weight is 515 g/mol. The Morgan fingerprint density at radius 3 is 2.56 bits per heavy atom. The first-order valence-corrected chi connectivity index (χ1v) is 12.8. The van der Waals surface area contributed by atoms with E-state index in [0.29, 0.717) is 35.4 Å². The minimum Gasteiger partial charge on any atom is -0.497 e. The summed E-state index contributed by atoms with van der Waals surface area (Å²) < 4.78 is 60.6. The van der Waals surface area contributed by atoms with Gasteiger partial charge in [-0.05, 0) is 47.9 Å². The van der Waals surface area contributed by atoms with E-state index in [4.69, 9.17) is 4.74 Å². The predicted molar refractivity (Wildman–Crippen MR) is 132 cm³/mol. The van der Waals surface area contributed by atoms with Crippen LogP contribution in [0.1, 0.15) is 40.7 Å². The second-order valence-electron chi connectivity index (χ2n) is 8.23. The van der Waals surface area contributed by atoms with Crippen molar-refractivity contribution in [1.29, 1.82) is 0 Å². The number of ether oxygens (including phenoxy) is 1. The molecule has 2 aromatic heterocycles. The molecule has 4 rings (SSSR count). The Morgan fingerprint density at radius 1 is 1.11 bits per heavy atom. The van der Waals surface area contributed by atoms with Crippen molar-refractivity contribution in [3.8, 4) is 5.75 Å². The van der Waals surface area contributed by atoms with E-state index >= 15 is 0 Å². The highest BCUT2D eigenvalue weighted by Gasteiger charge is 2.23. The van der Waals surface area contributed by atoms with Crippen molar-refractivity contribution < 1.29 is 26.7 Å². The first-order chi connectivity index (χ1) is 17.2. The summed E-state index contributed by atoms with van der Waals surface area (Å²) in [6.07, 6.45) is 1.91. The lowest BCUT2D eigenvalue weighted by Gasteiger charge is -2.11. The number of fused-ring (bicyclic) bond motifs is 1. The van der Waals surface area contributed by atoms with Gasteiger partial charge in [0.2, 0.25) is 10.0 Å². The number of sulfonamides is 1. The van der Waals surface area contributed by atoms with E-state index in [1.165, 1.54) is 6.20 Å². The smallest absolute Gasteiger partial charge is 0.232 e. The Hall–Kier alpha value is -3.86. The Morgan fingerprint density at radius 2 is 1.86 bits per heavy atom. The molecule has 0 atom stereocenters. The van der Waals surface area contributed by atoms with Gasteiger partial charge in [0.15, 0.2) is 17.2 Å². The third-order valence-electron chi connectivity index (χ3n) is 5.45. The number of carbonyl (C=O) groups excluding carboxylic acids is 1. The van der Waals surface area contributed by atoms with E-state index in [2.05, 4.69) is 19.7 Å². The van der Waals surface area contributed by atoms with Crippen molar-refractivity contribution in [3.05, 3.63) is 82.8 Å². The molecule has 0 aliphatic carbocycles. The van der Waals surface area contributed by atoms with Crippen molar-refractivity contribution in [2.24, 2.45) is 0 Å². The first-order valence-electron chi connectivity index (χ1n) is 11.2. The highest BCUT2D eigenvalue weighted by Crippen LogP contribution is 2.24. The number of nitrogens with zero attached hydrogens (tertiary/aromatic N) is 2. The number of aromatic nitrogens is 3. The number of nitrogens with one attached hydrogen (secondary N) is 2. The minimum absolute atomic E-state index is 0.233. The fourth-order valence-electron chi connectivity index (χ4n) is 3.76. The van der Waals surface area contributed by atoms with Gasteiger partial charge in [-0.25, -0.2) is 27.2 Å². The summed E-state index contributed by atoms with van der Waals surface area (Å²) in [4.78, 5) is 24.7. The normalized spacial score (nSPS) is 11.6. The number of halogens is 2. The lowest BCUT2D eigenvalue weighted by atomic mass is 10.0. The molecule has 0 aliphatic rings. The molecule has 0 saturated heterocycles. The fourth-order valence-corrected chi connectivity index (χ4v) is 4.89. The molecule has 2 aromatic carbocycles. The van der Waals surface area contributed by atoms with Crippen LogP contribution in [0.3, 0.4) is 0 Å². The number of carbonyl (C=O) groups is 1. The Balaban J connectivity index is 1.54. The number of anilines is 1. The summed E-state index contributed by atoms with van der Waals surface area (Å²) in [6.45, 7) is 1.65. The lowest BCUT2D eigenvalue weighted by Crippen LogP contribution is -2.19. The van der Waals surface area contributed by atoms with Crippen LogP contribution >= 0.6 is 0 Å². The summed E-state index contributed by atoms with van der Waals surface area (Å²) in [5.74, 6) is -2.00. The molecular formula is C25H24F2N4O4S. The maximum Gasteiger partial charge on any atom is 0.232 e. The number of hydrogen-bond donors (Lipinski definition) is 2. The van der Waals surface area contributed by atoms with E-state index in [0.717, 1.165) is 23.4 Å². The zero-order valence-electron chi connectivity index (χ0n) is 19.6. The molecular weight excluding hydrogens is 490 g/mol. The Bertz CT molecular complexity index is 1520. The van der Waals surface area contributed by atoms with Crippen molar-refractivity contribution in [2.45, 2.75) is 26.2 Å². The third kappa shape index (κ3) is 5.68. The monoisotopic (exact) mass is 514 g/mol. The van der Waals surface area contributed by atoms with E-state index in [1.807, 2.05) is 24.3 Å². The molecule has 2 N–H and O–H groups in total. The van der Waals surface area contributed by atoms with Crippen LogP contribution in [0.4, 0.5) is 14.5 Å². The number of imidazole rings is 1. The number of Topliss-reactive ketones (excluding diaryl/α,β-unsaturated/α-hetero) is 1. The van der Waals surface area contributed by atoms with Crippen LogP contribution < -0.4 is 9.46 Å². The predicted octanol–water partition coefficient (Wildman–Crippen LogP) is 4.41. The van der Waals surface area contributed by atoms with Crippen LogP contribution in [-0.4, -0.2) is 42.0 Å². The van der Waals surface area contributed by atoms with Crippen molar-refractivity contribution in [3.63, 3.8) is 0 Å². The van der Waals surface area contributed by atoms with E-state index in [1.54, 1.807) is 20.1 Å². The van der Waals surface area contributed by atoms with Crippen LogP contribution in [0.2, 0.25) is 0 Å². The molecule has 0 amide bonds. The van der Waals surface area contributed by atoms with Gasteiger partial charge < -0.3 is 9.72 Å². The summed E-state index contributed by atoms with van der Waals surface area (Å²) in [7, 11) is -2.23. The number of hydrogen-bond acceptors (Lipinski definition) is 6. The number of ketones is 1. The van der Waals surface area contributed by atoms with Gasteiger partial charge in [-0.2, -0.15) is 0 Å². The molecule has 0 spiro atoms. The third-order valence-corrected chi connectivity index (χ3v) is 6.92. The topological polar surface area (TPSA) is 114 Å². The molecule has 0 aliphatic heterocycles. The second-order valence-corrected chi connectivity index (χ2v) is 10.1. The molecule has 0 radical (unpaired) electrons. The molecule has 0 saturated carbocycles. The lowest BCUT2D eigenvalue weighted by molar-refractivity contribution is 0.0985. The van der Waals surface area contributed by atoms with Crippen molar-refractivity contribution in [1.82, 2.24) is 15.0 Å². The minimum atomic E-state index is -3.82. The zero-order chi connectivity index (χ0) is 25.9. The summed E-state index contributed by atoms with van der Waals surface area (Å²) in [6, 6.07) is 11.0. The van der Waals surface area contributed by atoms with E-state index in [-0.39, 0.29) is 12.2 Å². The van der Waals surface area contributed by atoms with Crippen LogP contribution in [0.5, 0.6) is 5.75 Å². The Labute approximate surface area is 206 Å². The highest BCUT2D eigenvalue weighted by molar-refractivity contribution is 7.92. The van der Waals surface area contributed by atoms with Crippen LogP contribution in [0, 0.1) is 11.6 Å². The molecule has 11 heteroatoms. The second kappa shape index (κ2) is 10.4. The molecule has 188 valence electrons. The molecule has 0 unspecified atom stereocenters. The summed E-state index contributed by atoms with van der Waals surface area (Å²) in [5.41, 5.74) is 1.16. The van der Waals surface area contributed by atoms with E-state index in [9.17, 15) is 22.0 Å². The van der Waals surface area contributed by atoms with Crippen molar-refractivity contribution >= 4 is 32.7 Å². The molecule has 36 heavy (non-hydrogen) atoms. The van der Waals surface area contributed by atoms with Gasteiger partial charge in [0.1, 0.15) is 17.4 Å². The summed E-state index contributed by atoms with van der Waals surface area (Å²) in [5, 5.41) is 0. The number of aromatic amines is 1. The number of pyridine rings is 1. The molecule has 2 heterocycles. The number of methoxy groups -OCH3 is 1. The molecule has 0 bridgehead atoms. The molecule has 8 nitrogen and oxygen atoms in total. The van der Waals surface area contributed by atoms with E-state index < -0.39 is 38.7 Å². The maximum absolute atomic E-state index is 14.9. The maximum atomic E-state index is 14.9. The van der Waals surface area contributed by atoms with Gasteiger partial charge in [-0.3, -0.25) is 9.52 Å². The number of rotatable bonds is 10. The fraction of sp³-hybridized carbons (Fsp3) is 0.240. The van der Waals surface area contributed by atoms with Gasteiger partial charge in [0.05, 0.1) is 29.6 Å². The standard InChI is InChI=1S/C25H24F2N4O4S/c1-3-10-36(33,34)31-19-9-8-18(26)23(24(19)27)21(32)12-16-11-20-25(28-14-16)30-22(29-20)13-15-4-6-17(35-2)7-5-15/h4-9,11,14,31H,3,10,12-13H2,1-2H3,(H,28,29,30). The largest absolute Gasteiger partial charge is 0.497 e. The highest BCUT2D eigenvalue weighted by atomic mass is 32.2. The molecule has 4 aromatic rings. The van der Waals surface area contributed by atoms with Gasteiger partial charge >= 0.3 is 0 Å². The van der Waals surface area contributed by atoms with Crippen LogP contribution in [-0.2, 0) is 22.9 Å².